The Bertz CT molecular complexity index is 492. The lowest BCUT2D eigenvalue weighted by molar-refractivity contribution is 0.243. The number of halogens is 2. The average molecular weight is 310 g/mol. The summed E-state index contributed by atoms with van der Waals surface area (Å²) in [5.74, 6) is 0.0962. The van der Waals surface area contributed by atoms with Crippen molar-refractivity contribution in [2.45, 2.75) is 40.0 Å². The molecular weight excluding hydrogens is 282 g/mol. The fourth-order valence-electron chi connectivity index (χ4n) is 2.89. The highest BCUT2D eigenvalue weighted by atomic mass is 19.1. The van der Waals surface area contributed by atoms with E-state index in [4.69, 9.17) is 0 Å². The molecule has 0 N–H and O–H groups in total. The maximum Gasteiger partial charge on any atom is 0.146 e. The fourth-order valence-corrected chi connectivity index (χ4v) is 2.89. The monoisotopic (exact) mass is 310 g/mol. The van der Waals surface area contributed by atoms with E-state index in [-0.39, 0.29) is 17.6 Å². The third-order valence-electron chi connectivity index (χ3n) is 4.42. The zero-order valence-corrected chi connectivity index (χ0v) is 14.2. The second kappa shape index (κ2) is 7.40. The van der Waals surface area contributed by atoms with Crippen LogP contribution in [0.4, 0.5) is 14.5 Å². The van der Waals surface area contributed by atoms with Gasteiger partial charge >= 0.3 is 0 Å². The van der Waals surface area contributed by atoms with Crippen molar-refractivity contribution in [2.24, 2.45) is 5.92 Å². The van der Waals surface area contributed by atoms with Crippen LogP contribution in [0.2, 0.25) is 0 Å². The number of hydrogen-bond donors (Lipinski definition) is 0. The highest BCUT2D eigenvalue weighted by Gasteiger charge is 2.21. The molecule has 0 unspecified atom stereocenters. The number of rotatable bonds is 5. The van der Waals surface area contributed by atoms with Crippen molar-refractivity contribution in [3.63, 3.8) is 0 Å². The van der Waals surface area contributed by atoms with E-state index in [1.165, 1.54) is 18.6 Å². The van der Waals surface area contributed by atoms with Crippen molar-refractivity contribution in [1.29, 1.82) is 0 Å². The van der Waals surface area contributed by atoms with Gasteiger partial charge in [0.2, 0.25) is 0 Å². The van der Waals surface area contributed by atoms with Crippen LogP contribution < -0.4 is 4.90 Å². The van der Waals surface area contributed by atoms with E-state index in [0.29, 0.717) is 17.2 Å². The lowest BCUT2D eigenvalue weighted by atomic mass is 10.0. The molecule has 0 atom stereocenters. The van der Waals surface area contributed by atoms with Crippen LogP contribution in [0.25, 0.3) is 0 Å². The van der Waals surface area contributed by atoms with Gasteiger partial charge < -0.3 is 4.90 Å². The highest BCUT2D eigenvalue weighted by molar-refractivity contribution is 5.50. The molecule has 22 heavy (non-hydrogen) atoms. The minimum absolute atomic E-state index is 0.00330. The summed E-state index contributed by atoms with van der Waals surface area (Å²) in [7, 11) is 0. The second-order valence-corrected chi connectivity index (χ2v) is 6.99. The Hall–Kier alpha value is -1.16. The zero-order chi connectivity index (χ0) is 16.3. The standard InChI is InChI=1S/C18H28F2N2/c1-13(2)5-6-21-7-9-22(10-8-21)18-12-16(19)15(14(3)4)11-17(18)20/h11-14H,5-10H2,1-4H3. The number of benzene rings is 1. The van der Waals surface area contributed by atoms with Crippen molar-refractivity contribution in [3.8, 4) is 0 Å². The molecule has 0 aliphatic carbocycles. The first kappa shape index (κ1) is 17.2. The quantitative estimate of drug-likeness (QED) is 0.802. The predicted octanol–water partition coefficient (Wildman–Crippen LogP) is 4.26. The number of nitrogens with zero attached hydrogens (tertiary/aromatic N) is 2. The van der Waals surface area contributed by atoms with E-state index >= 15 is 0 Å². The molecule has 1 fully saturated rings. The summed E-state index contributed by atoms with van der Waals surface area (Å²) >= 11 is 0. The lowest BCUT2D eigenvalue weighted by Gasteiger charge is -2.36. The Morgan fingerprint density at radius 1 is 0.955 bits per heavy atom. The number of piperazine rings is 1. The van der Waals surface area contributed by atoms with Crippen LogP contribution in [0.3, 0.4) is 0 Å². The second-order valence-electron chi connectivity index (χ2n) is 6.99. The Labute approximate surface area is 133 Å². The molecule has 1 aliphatic rings. The predicted molar refractivity (Wildman–Crippen MR) is 88.6 cm³/mol. The van der Waals surface area contributed by atoms with Crippen LogP contribution in [0.5, 0.6) is 0 Å². The van der Waals surface area contributed by atoms with Gasteiger partial charge in [0.15, 0.2) is 0 Å². The summed E-state index contributed by atoms with van der Waals surface area (Å²) in [5.41, 5.74) is 0.863. The molecule has 1 aromatic carbocycles. The van der Waals surface area contributed by atoms with Gasteiger partial charge in [-0.05, 0) is 36.4 Å². The van der Waals surface area contributed by atoms with Crippen LogP contribution in [0.1, 0.15) is 45.6 Å². The van der Waals surface area contributed by atoms with Crippen LogP contribution >= 0.6 is 0 Å². The normalized spacial score (nSPS) is 16.8. The lowest BCUT2D eigenvalue weighted by Crippen LogP contribution is -2.47. The van der Waals surface area contributed by atoms with Crippen molar-refractivity contribution in [1.82, 2.24) is 4.90 Å². The third-order valence-corrected chi connectivity index (χ3v) is 4.42. The molecule has 1 saturated heterocycles. The van der Waals surface area contributed by atoms with E-state index in [9.17, 15) is 8.78 Å². The summed E-state index contributed by atoms with van der Waals surface area (Å²) < 4.78 is 28.4. The third kappa shape index (κ3) is 4.19. The molecule has 1 heterocycles. The molecule has 0 bridgehead atoms. The van der Waals surface area contributed by atoms with Gasteiger partial charge in [-0.2, -0.15) is 0 Å². The average Bonchev–Trinajstić information content (AvgIpc) is 2.47. The van der Waals surface area contributed by atoms with Gasteiger partial charge in [0.25, 0.3) is 0 Å². The minimum Gasteiger partial charge on any atom is -0.367 e. The number of hydrogen-bond acceptors (Lipinski definition) is 2. The molecule has 0 aromatic heterocycles. The summed E-state index contributed by atoms with van der Waals surface area (Å²) in [4.78, 5) is 4.38. The molecule has 0 saturated carbocycles. The molecule has 2 rings (SSSR count). The van der Waals surface area contributed by atoms with Crippen LogP contribution in [-0.4, -0.2) is 37.6 Å². The van der Waals surface area contributed by atoms with E-state index in [0.717, 1.165) is 32.7 Å². The van der Waals surface area contributed by atoms with Gasteiger partial charge in [0.1, 0.15) is 11.6 Å². The number of anilines is 1. The first-order valence-corrected chi connectivity index (χ1v) is 8.34. The molecule has 2 nitrogen and oxygen atoms in total. The van der Waals surface area contributed by atoms with Gasteiger partial charge in [-0.3, -0.25) is 4.90 Å². The van der Waals surface area contributed by atoms with E-state index in [2.05, 4.69) is 18.7 Å². The van der Waals surface area contributed by atoms with Gasteiger partial charge in [0.05, 0.1) is 5.69 Å². The van der Waals surface area contributed by atoms with Gasteiger partial charge in [-0.1, -0.05) is 27.7 Å². The summed E-state index contributed by atoms with van der Waals surface area (Å²) in [6, 6.07) is 2.73. The first-order chi connectivity index (χ1) is 10.4. The SMILES string of the molecule is CC(C)CCN1CCN(c2cc(F)c(C(C)C)cc2F)CC1. The Morgan fingerprint density at radius 2 is 1.59 bits per heavy atom. The topological polar surface area (TPSA) is 6.48 Å². The Kier molecular flexibility index (Phi) is 5.79. The molecular formula is C18H28F2N2. The van der Waals surface area contributed by atoms with Crippen molar-refractivity contribution in [2.75, 3.05) is 37.6 Å². The van der Waals surface area contributed by atoms with Crippen LogP contribution in [-0.2, 0) is 0 Å². The summed E-state index contributed by atoms with van der Waals surface area (Å²) in [6.45, 7) is 12.7. The van der Waals surface area contributed by atoms with E-state index < -0.39 is 0 Å². The smallest absolute Gasteiger partial charge is 0.146 e. The maximum atomic E-state index is 14.3. The van der Waals surface area contributed by atoms with E-state index in [1.54, 1.807) is 0 Å². The molecule has 1 aliphatic heterocycles. The molecule has 0 spiro atoms. The largest absolute Gasteiger partial charge is 0.367 e. The molecule has 4 heteroatoms. The molecule has 0 radical (unpaired) electrons. The maximum absolute atomic E-state index is 14.3. The van der Waals surface area contributed by atoms with Crippen LogP contribution in [0, 0.1) is 17.6 Å². The minimum atomic E-state index is -0.305. The first-order valence-electron chi connectivity index (χ1n) is 8.34. The fraction of sp³-hybridized carbons (Fsp3) is 0.667. The van der Waals surface area contributed by atoms with Crippen molar-refractivity contribution < 1.29 is 8.78 Å². The van der Waals surface area contributed by atoms with Crippen LogP contribution in [0.15, 0.2) is 12.1 Å². The van der Waals surface area contributed by atoms with Gasteiger partial charge in [-0.25, -0.2) is 8.78 Å². The Balaban J connectivity index is 2.01. The molecule has 0 amide bonds. The van der Waals surface area contributed by atoms with E-state index in [1.807, 2.05) is 18.7 Å². The van der Waals surface area contributed by atoms with Gasteiger partial charge in [-0.15, -0.1) is 0 Å². The van der Waals surface area contributed by atoms with Crippen molar-refractivity contribution in [3.05, 3.63) is 29.3 Å². The molecule has 124 valence electrons. The highest BCUT2D eigenvalue weighted by Crippen LogP contribution is 2.28. The summed E-state index contributed by atoms with van der Waals surface area (Å²) in [6.07, 6.45) is 1.19. The zero-order valence-electron chi connectivity index (χ0n) is 14.2. The molecule has 1 aromatic rings. The Morgan fingerprint density at radius 3 is 2.14 bits per heavy atom. The van der Waals surface area contributed by atoms with Gasteiger partial charge in [0, 0.05) is 32.2 Å². The van der Waals surface area contributed by atoms with Crippen molar-refractivity contribution >= 4 is 5.69 Å². The summed E-state index contributed by atoms with van der Waals surface area (Å²) in [5, 5.41) is 0.